The summed E-state index contributed by atoms with van der Waals surface area (Å²) in [6, 6.07) is 5.55. The van der Waals surface area contributed by atoms with Gasteiger partial charge >= 0.3 is 5.97 Å². The van der Waals surface area contributed by atoms with Crippen molar-refractivity contribution < 1.29 is 19.3 Å². The third kappa shape index (κ3) is 7.62. The van der Waals surface area contributed by atoms with Crippen molar-refractivity contribution in [2.45, 2.75) is 53.4 Å². The van der Waals surface area contributed by atoms with E-state index >= 15 is 0 Å². The summed E-state index contributed by atoms with van der Waals surface area (Å²) in [6.07, 6.45) is 4.74. The van der Waals surface area contributed by atoms with Gasteiger partial charge in [0, 0.05) is 6.61 Å². The van der Waals surface area contributed by atoms with E-state index in [0.29, 0.717) is 24.7 Å². The summed E-state index contributed by atoms with van der Waals surface area (Å²) in [5, 5.41) is 0. The fourth-order valence-electron chi connectivity index (χ4n) is 2.37. The lowest BCUT2D eigenvalue weighted by atomic mass is 10.0. The van der Waals surface area contributed by atoms with E-state index < -0.39 is 5.97 Å². The maximum Gasteiger partial charge on any atom is 0.373 e. The lowest BCUT2D eigenvalue weighted by Gasteiger charge is -2.14. The van der Waals surface area contributed by atoms with E-state index in [9.17, 15) is 4.79 Å². The molecule has 0 aliphatic heterocycles. The van der Waals surface area contributed by atoms with Gasteiger partial charge in [0.25, 0.3) is 0 Å². The van der Waals surface area contributed by atoms with Crippen LogP contribution < -0.4 is 0 Å². The van der Waals surface area contributed by atoms with Gasteiger partial charge in [-0.2, -0.15) is 4.89 Å². The highest BCUT2D eigenvalue weighted by atomic mass is 17.2. The maximum absolute atomic E-state index is 11.9. The molecular weight excluding hydrogens is 292 g/mol. The number of aryl methyl sites for hydroxylation is 2. The molecule has 0 saturated heterocycles. The molecule has 0 saturated carbocycles. The molecule has 1 rings (SSSR count). The second-order valence-electron chi connectivity index (χ2n) is 5.91. The minimum Gasteiger partial charge on any atom is -0.378 e. The van der Waals surface area contributed by atoms with Gasteiger partial charge in [-0.3, -0.25) is 4.89 Å². The lowest BCUT2D eigenvalue weighted by molar-refractivity contribution is -0.218. The van der Waals surface area contributed by atoms with E-state index in [-0.39, 0.29) is 0 Å². The smallest absolute Gasteiger partial charge is 0.373 e. The second-order valence-corrected chi connectivity index (χ2v) is 5.91. The minimum absolute atomic E-state index is 0.308. The van der Waals surface area contributed by atoms with Gasteiger partial charge in [0.1, 0.15) is 0 Å². The minimum atomic E-state index is -0.492. The van der Waals surface area contributed by atoms with Crippen LogP contribution in [0.3, 0.4) is 0 Å². The van der Waals surface area contributed by atoms with Crippen LogP contribution in [0.5, 0.6) is 0 Å². The molecule has 1 unspecified atom stereocenters. The standard InChI is InChI=1S/C19H29O4/c1-5-7-8-17(6-2)14-21-11-12-22-23-19(20)18-10-9-15(3)13-16(18)4/h9-10,12-13,17H,5-8,11,14H2,1-4H3. The normalized spacial score (nSPS) is 12.2. The molecule has 0 aromatic heterocycles. The molecule has 0 N–H and O–H groups in total. The molecule has 0 aliphatic rings. The summed E-state index contributed by atoms with van der Waals surface area (Å²) >= 11 is 0. The molecule has 1 radical (unpaired) electrons. The summed E-state index contributed by atoms with van der Waals surface area (Å²) in [4.78, 5) is 21.5. The van der Waals surface area contributed by atoms with E-state index in [1.165, 1.54) is 25.9 Å². The predicted molar refractivity (Wildman–Crippen MR) is 90.8 cm³/mol. The Hall–Kier alpha value is -1.39. The van der Waals surface area contributed by atoms with Crippen molar-refractivity contribution in [2.24, 2.45) is 5.92 Å². The Morgan fingerprint density at radius 1 is 1.26 bits per heavy atom. The van der Waals surface area contributed by atoms with Gasteiger partial charge in [0.15, 0.2) is 6.61 Å². The van der Waals surface area contributed by atoms with E-state index in [2.05, 4.69) is 13.8 Å². The van der Waals surface area contributed by atoms with Crippen molar-refractivity contribution in [1.82, 2.24) is 0 Å². The Balaban J connectivity index is 2.18. The zero-order valence-corrected chi connectivity index (χ0v) is 14.8. The van der Waals surface area contributed by atoms with Gasteiger partial charge in [-0.25, -0.2) is 4.79 Å². The van der Waals surface area contributed by atoms with Crippen LogP contribution in [0.15, 0.2) is 18.2 Å². The van der Waals surface area contributed by atoms with Crippen molar-refractivity contribution in [3.05, 3.63) is 41.5 Å². The van der Waals surface area contributed by atoms with Crippen LogP contribution in [0.1, 0.15) is 61.0 Å². The number of unbranched alkanes of at least 4 members (excludes halogenated alkanes) is 1. The number of rotatable bonds is 11. The van der Waals surface area contributed by atoms with Crippen LogP contribution in [0, 0.1) is 26.4 Å². The third-order valence-corrected chi connectivity index (χ3v) is 3.88. The summed E-state index contributed by atoms with van der Waals surface area (Å²) in [5.74, 6) is 0.0919. The molecule has 0 heterocycles. The molecule has 23 heavy (non-hydrogen) atoms. The zero-order valence-electron chi connectivity index (χ0n) is 14.8. The largest absolute Gasteiger partial charge is 0.378 e. The van der Waals surface area contributed by atoms with Gasteiger partial charge < -0.3 is 4.74 Å². The summed E-state index contributed by atoms with van der Waals surface area (Å²) in [7, 11) is 0. The average Bonchev–Trinajstić information content (AvgIpc) is 2.53. The quantitative estimate of drug-likeness (QED) is 0.334. The van der Waals surface area contributed by atoms with Crippen molar-refractivity contribution in [3.63, 3.8) is 0 Å². The molecule has 4 nitrogen and oxygen atoms in total. The Morgan fingerprint density at radius 2 is 2.04 bits per heavy atom. The number of ether oxygens (including phenoxy) is 1. The highest BCUT2D eigenvalue weighted by molar-refractivity contribution is 5.90. The van der Waals surface area contributed by atoms with Crippen LogP contribution >= 0.6 is 0 Å². The number of benzene rings is 1. The molecule has 0 aliphatic carbocycles. The van der Waals surface area contributed by atoms with Gasteiger partial charge in [-0.05, 0) is 37.8 Å². The van der Waals surface area contributed by atoms with Gasteiger partial charge in [-0.1, -0.05) is 50.8 Å². The fraction of sp³-hybridized carbons (Fsp3) is 0.579. The summed E-state index contributed by atoms with van der Waals surface area (Å²) in [5.41, 5.74) is 2.49. The van der Waals surface area contributed by atoms with Crippen molar-refractivity contribution in [2.75, 3.05) is 13.2 Å². The average molecular weight is 321 g/mol. The maximum atomic E-state index is 11.9. The van der Waals surface area contributed by atoms with Crippen molar-refractivity contribution >= 4 is 5.97 Å². The highest BCUT2D eigenvalue weighted by Crippen LogP contribution is 2.14. The summed E-state index contributed by atoms with van der Waals surface area (Å²) < 4.78 is 5.54. The molecule has 0 bridgehead atoms. The van der Waals surface area contributed by atoms with Crippen molar-refractivity contribution in [1.29, 1.82) is 0 Å². The first-order chi connectivity index (χ1) is 11.1. The van der Waals surface area contributed by atoms with Crippen molar-refractivity contribution in [3.8, 4) is 0 Å². The highest BCUT2D eigenvalue weighted by Gasteiger charge is 2.12. The summed E-state index contributed by atoms with van der Waals surface area (Å²) in [6.45, 7) is 10.6. The molecule has 1 atom stereocenters. The second kappa shape index (κ2) is 11.2. The first-order valence-electron chi connectivity index (χ1n) is 8.42. The van der Waals surface area contributed by atoms with Crippen LogP contribution in [0.2, 0.25) is 0 Å². The van der Waals surface area contributed by atoms with E-state index in [0.717, 1.165) is 17.5 Å². The lowest BCUT2D eigenvalue weighted by Crippen LogP contribution is -2.12. The predicted octanol–water partition coefficient (Wildman–Crippen LogP) is 4.79. The van der Waals surface area contributed by atoms with Gasteiger partial charge in [-0.15, -0.1) is 0 Å². The van der Waals surface area contributed by atoms with E-state index in [4.69, 9.17) is 14.5 Å². The molecule has 0 spiro atoms. The first-order valence-corrected chi connectivity index (χ1v) is 8.42. The van der Waals surface area contributed by atoms with Crippen LogP contribution in [0.4, 0.5) is 0 Å². The molecule has 0 fully saturated rings. The van der Waals surface area contributed by atoms with Gasteiger partial charge in [0.05, 0.1) is 12.2 Å². The van der Waals surface area contributed by atoms with Gasteiger partial charge in [0.2, 0.25) is 0 Å². The number of hydrogen-bond donors (Lipinski definition) is 0. The Morgan fingerprint density at radius 3 is 2.70 bits per heavy atom. The molecule has 0 amide bonds. The zero-order chi connectivity index (χ0) is 17.1. The van der Waals surface area contributed by atoms with Crippen LogP contribution in [-0.2, 0) is 14.5 Å². The van der Waals surface area contributed by atoms with E-state index in [1.807, 2.05) is 26.0 Å². The number of hydrogen-bond acceptors (Lipinski definition) is 4. The Kier molecular flexibility index (Phi) is 9.57. The molecular formula is C19H29O4. The Labute approximate surface area is 140 Å². The fourth-order valence-corrected chi connectivity index (χ4v) is 2.37. The monoisotopic (exact) mass is 321 g/mol. The number of carbonyl (C=O) groups is 1. The number of carbonyl (C=O) groups excluding carboxylic acids is 1. The first kappa shape index (κ1) is 19.7. The van der Waals surface area contributed by atoms with E-state index in [1.54, 1.807) is 6.07 Å². The third-order valence-electron chi connectivity index (χ3n) is 3.88. The molecule has 1 aromatic carbocycles. The molecule has 129 valence electrons. The Bertz CT molecular complexity index is 470. The topological polar surface area (TPSA) is 44.8 Å². The molecule has 4 heteroatoms. The van der Waals surface area contributed by atoms with Crippen LogP contribution in [-0.4, -0.2) is 19.2 Å². The molecule has 1 aromatic rings. The SMILES string of the molecule is CCCCC(CC)COC[CH]OOC(=O)c1ccc(C)cc1C. The van der Waals surface area contributed by atoms with Crippen LogP contribution in [0.25, 0.3) is 0 Å².